The third-order valence-electron chi connectivity index (χ3n) is 5.66. The van der Waals surface area contributed by atoms with E-state index in [1.54, 1.807) is 18.7 Å². The Morgan fingerprint density at radius 2 is 2.12 bits per heavy atom. The van der Waals surface area contributed by atoms with Crippen molar-refractivity contribution in [2.24, 2.45) is 0 Å². The number of pyridine rings is 1. The number of thiazole rings is 1. The second-order valence-corrected chi connectivity index (χ2v) is 11.0. The summed E-state index contributed by atoms with van der Waals surface area (Å²) in [5.41, 5.74) is 2.59. The summed E-state index contributed by atoms with van der Waals surface area (Å²) in [6, 6.07) is 9.01. The summed E-state index contributed by atoms with van der Waals surface area (Å²) in [7, 11) is -1.52. The van der Waals surface area contributed by atoms with Crippen molar-refractivity contribution in [3.05, 3.63) is 53.4 Å². The first-order valence-electron chi connectivity index (χ1n) is 10.3. The molecule has 1 amide bonds. The number of ether oxygens (including phenoxy) is 1. The summed E-state index contributed by atoms with van der Waals surface area (Å²) < 4.78 is 31.6. The number of hydrogen-bond acceptors (Lipinski definition) is 8. The van der Waals surface area contributed by atoms with Gasteiger partial charge < -0.3 is 9.30 Å². The van der Waals surface area contributed by atoms with E-state index in [1.807, 2.05) is 41.8 Å². The number of nitrogens with one attached hydrogen (secondary N) is 1. The first kappa shape index (κ1) is 21.5. The molecule has 11 heteroatoms. The first-order chi connectivity index (χ1) is 15.8. The Balaban J connectivity index is 1.70. The minimum Gasteiger partial charge on any atom is -0.497 e. The molecule has 33 heavy (non-hydrogen) atoms. The summed E-state index contributed by atoms with van der Waals surface area (Å²) in [5, 5.41) is 5.01. The van der Waals surface area contributed by atoms with Crippen LogP contribution in [-0.2, 0) is 9.84 Å². The Morgan fingerprint density at radius 1 is 1.27 bits per heavy atom. The molecule has 1 saturated heterocycles. The fourth-order valence-corrected chi connectivity index (χ4v) is 6.40. The second kappa shape index (κ2) is 8.23. The lowest BCUT2D eigenvalue weighted by Gasteiger charge is -2.15. The van der Waals surface area contributed by atoms with Gasteiger partial charge in [-0.2, -0.15) is 0 Å². The van der Waals surface area contributed by atoms with Gasteiger partial charge in [-0.1, -0.05) is 12.1 Å². The zero-order valence-electron chi connectivity index (χ0n) is 18.0. The minimum absolute atomic E-state index is 0.0523. The number of nitrogens with zero attached hydrogens (tertiary/aromatic N) is 4. The number of methoxy groups -OCH3 is 1. The molecular formula is C22H21N5O4S2. The molecule has 1 aliphatic heterocycles. The minimum atomic E-state index is -3.11. The Labute approximate surface area is 194 Å². The molecule has 0 aliphatic carbocycles. The van der Waals surface area contributed by atoms with Crippen molar-refractivity contribution in [2.45, 2.75) is 19.4 Å². The van der Waals surface area contributed by atoms with Gasteiger partial charge in [-0.05, 0) is 31.5 Å². The van der Waals surface area contributed by atoms with E-state index in [9.17, 15) is 13.2 Å². The molecule has 1 aromatic carbocycles. The van der Waals surface area contributed by atoms with E-state index in [0.717, 1.165) is 5.56 Å². The molecule has 0 spiro atoms. The summed E-state index contributed by atoms with van der Waals surface area (Å²) in [5.74, 6) is 1.07. The molecule has 3 aromatic heterocycles. The maximum Gasteiger partial charge on any atom is 0.278 e. The number of carbonyl (C=O) groups excluding carboxylic acids is 1. The van der Waals surface area contributed by atoms with Gasteiger partial charge in [0.25, 0.3) is 5.91 Å². The molecule has 0 radical (unpaired) electrons. The Kier molecular flexibility index (Phi) is 5.37. The van der Waals surface area contributed by atoms with Crippen LogP contribution in [0.3, 0.4) is 0 Å². The lowest BCUT2D eigenvalue weighted by atomic mass is 10.1. The van der Waals surface area contributed by atoms with Gasteiger partial charge in [0.2, 0.25) is 0 Å². The van der Waals surface area contributed by atoms with E-state index in [4.69, 9.17) is 4.74 Å². The van der Waals surface area contributed by atoms with Crippen molar-refractivity contribution < 1.29 is 17.9 Å². The standard InChI is InChI=1S/C22H21N5O4S2/c1-13-24-19-18(27(13)15-6-9-33(29,30)12-15)11-17(14-4-3-5-16(10-14)31-2)25-20(19)21(28)26-22-23-7-8-32-22/h3-5,7-8,10-11,15H,6,9,12H2,1-2H3,(H,23,26,28). The molecule has 4 heterocycles. The Morgan fingerprint density at radius 3 is 2.82 bits per heavy atom. The van der Waals surface area contributed by atoms with Crippen molar-refractivity contribution in [1.82, 2.24) is 19.5 Å². The molecule has 0 saturated carbocycles. The normalized spacial score (nSPS) is 17.3. The van der Waals surface area contributed by atoms with Crippen LogP contribution >= 0.6 is 11.3 Å². The van der Waals surface area contributed by atoms with Crippen LogP contribution in [0.1, 0.15) is 28.8 Å². The van der Waals surface area contributed by atoms with Crippen LogP contribution in [0, 0.1) is 6.92 Å². The van der Waals surface area contributed by atoms with Gasteiger partial charge in [0.15, 0.2) is 20.7 Å². The predicted octanol–water partition coefficient (Wildman–Crippen LogP) is 3.48. The largest absolute Gasteiger partial charge is 0.497 e. The van der Waals surface area contributed by atoms with Crippen molar-refractivity contribution in [2.75, 3.05) is 23.9 Å². The van der Waals surface area contributed by atoms with E-state index in [1.165, 1.54) is 11.3 Å². The van der Waals surface area contributed by atoms with E-state index in [2.05, 4.69) is 20.3 Å². The van der Waals surface area contributed by atoms with Crippen molar-refractivity contribution in [3.8, 4) is 17.0 Å². The topological polar surface area (TPSA) is 116 Å². The molecule has 4 aromatic rings. The number of fused-ring (bicyclic) bond motifs is 1. The molecule has 1 N–H and O–H groups in total. The Bertz CT molecular complexity index is 1460. The SMILES string of the molecule is COc1cccc(-c2cc3c(nc(C)n3C3CCS(=O)(=O)C3)c(C(=O)Nc3nccs3)n2)c1. The summed E-state index contributed by atoms with van der Waals surface area (Å²) in [4.78, 5) is 26.6. The molecular weight excluding hydrogens is 462 g/mol. The average Bonchev–Trinajstić information content (AvgIpc) is 3.51. The third-order valence-corrected chi connectivity index (χ3v) is 8.10. The van der Waals surface area contributed by atoms with Crippen LogP contribution in [0.25, 0.3) is 22.3 Å². The summed E-state index contributed by atoms with van der Waals surface area (Å²) >= 11 is 1.31. The second-order valence-electron chi connectivity index (χ2n) is 7.83. The van der Waals surface area contributed by atoms with Gasteiger partial charge in [0, 0.05) is 17.1 Å². The fourth-order valence-electron chi connectivity index (χ4n) is 4.18. The summed E-state index contributed by atoms with van der Waals surface area (Å²) in [6.45, 7) is 1.82. The average molecular weight is 484 g/mol. The molecule has 9 nitrogen and oxygen atoms in total. The fraction of sp³-hybridized carbons (Fsp3) is 0.273. The van der Waals surface area contributed by atoms with Crippen molar-refractivity contribution >= 4 is 43.2 Å². The van der Waals surface area contributed by atoms with Crippen LogP contribution < -0.4 is 10.1 Å². The number of benzene rings is 1. The van der Waals surface area contributed by atoms with E-state index >= 15 is 0 Å². The Hall–Kier alpha value is -3.31. The number of carbonyl (C=O) groups is 1. The van der Waals surface area contributed by atoms with Crippen LogP contribution in [0.5, 0.6) is 5.75 Å². The number of aryl methyl sites for hydroxylation is 1. The van der Waals surface area contributed by atoms with E-state index in [-0.39, 0.29) is 23.2 Å². The van der Waals surface area contributed by atoms with Crippen LogP contribution in [0.2, 0.25) is 0 Å². The number of imidazole rings is 1. The molecule has 1 unspecified atom stereocenters. The van der Waals surface area contributed by atoms with Gasteiger partial charge in [-0.3, -0.25) is 10.1 Å². The number of rotatable bonds is 5. The van der Waals surface area contributed by atoms with Gasteiger partial charge in [0.05, 0.1) is 35.9 Å². The number of aromatic nitrogens is 4. The lowest BCUT2D eigenvalue weighted by Crippen LogP contribution is -2.15. The maximum absolute atomic E-state index is 13.2. The molecule has 5 rings (SSSR count). The van der Waals surface area contributed by atoms with Gasteiger partial charge in [-0.25, -0.2) is 23.4 Å². The van der Waals surface area contributed by atoms with E-state index < -0.39 is 15.7 Å². The zero-order valence-corrected chi connectivity index (χ0v) is 19.6. The highest BCUT2D eigenvalue weighted by molar-refractivity contribution is 7.91. The highest BCUT2D eigenvalue weighted by Crippen LogP contribution is 2.33. The van der Waals surface area contributed by atoms with Crippen molar-refractivity contribution in [1.29, 1.82) is 0 Å². The smallest absolute Gasteiger partial charge is 0.278 e. The zero-order chi connectivity index (χ0) is 23.2. The van der Waals surface area contributed by atoms with Gasteiger partial charge >= 0.3 is 0 Å². The highest BCUT2D eigenvalue weighted by atomic mass is 32.2. The van der Waals surface area contributed by atoms with Crippen molar-refractivity contribution in [3.63, 3.8) is 0 Å². The number of sulfone groups is 1. The molecule has 1 fully saturated rings. The summed E-state index contributed by atoms with van der Waals surface area (Å²) in [6.07, 6.45) is 2.11. The highest BCUT2D eigenvalue weighted by Gasteiger charge is 2.32. The van der Waals surface area contributed by atoms with Crippen LogP contribution in [-0.4, -0.2) is 52.5 Å². The number of hydrogen-bond donors (Lipinski definition) is 1. The van der Waals surface area contributed by atoms with Gasteiger partial charge in [0.1, 0.15) is 17.1 Å². The van der Waals surface area contributed by atoms with Crippen LogP contribution in [0.15, 0.2) is 41.9 Å². The molecule has 170 valence electrons. The van der Waals surface area contributed by atoms with Crippen LogP contribution in [0.4, 0.5) is 5.13 Å². The number of amides is 1. The first-order valence-corrected chi connectivity index (χ1v) is 13.0. The quantitative estimate of drug-likeness (QED) is 0.462. The monoisotopic (exact) mass is 483 g/mol. The molecule has 0 bridgehead atoms. The number of anilines is 1. The molecule has 1 aliphatic rings. The molecule has 1 atom stereocenters. The van der Waals surface area contributed by atoms with Gasteiger partial charge in [-0.15, -0.1) is 11.3 Å². The third kappa shape index (κ3) is 4.09. The lowest BCUT2D eigenvalue weighted by molar-refractivity contribution is 0.102. The maximum atomic E-state index is 13.2. The predicted molar refractivity (Wildman–Crippen MR) is 127 cm³/mol. The van der Waals surface area contributed by atoms with E-state index in [0.29, 0.717) is 39.9 Å².